The minimum atomic E-state index is -0.385. The zero-order chi connectivity index (χ0) is 44.6. The number of para-hydroxylation sites is 1. The Bertz CT molecular complexity index is 1490. The van der Waals surface area contributed by atoms with Crippen LogP contribution in [0.25, 0.3) is 0 Å². The third-order valence-electron chi connectivity index (χ3n) is 9.22. The van der Waals surface area contributed by atoms with Gasteiger partial charge in [-0.1, -0.05) is 45.9 Å². The minimum absolute atomic E-state index is 0.117. The summed E-state index contributed by atoms with van der Waals surface area (Å²) in [7, 11) is 1.64. The Morgan fingerprint density at radius 1 is 0.452 bits per heavy atom. The summed E-state index contributed by atoms with van der Waals surface area (Å²) in [6.45, 7) is 19.4. The fourth-order valence-corrected chi connectivity index (χ4v) is 6.04. The largest absolute Gasteiger partial charge is 0.489 e. The van der Waals surface area contributed by atoms with Gasteiger partial charge in [-0.15, -0.1) is 0 Å². The molecule has 1 aliphatic heterocycles. The topological polar surface area (TPSA) is 183 Å². The average Bonchev–Trinajstić information content (AvgIpc) is 3.49. The van der Waals surface area contributed by atoms with Crippen LogP contribution in [0.4, 0.5) is 11.4 Å². The lowest BCUT2D eigenvalue weighted by molar-refractivity contribution is -0.0282. The molecule has 0 unspecified atom stereocenters. The molecule has 0 bridgehead atoms. The Balaban J connectivity index is 1.06. The van der Waals surface area contributed by atoms with Crippen LogP contribution in [0.15, 0.2) is 30.3 Å². The fraction of sp³-hybridized carbons (Fsp3) is 0.689. The quantitative estimate of drug-likeness (QED) is 0.0560. The third-order valence-corrected chi connectivity index (χ3v) is 9.22. The number of hydrogen-bond acceptors (Lipinski definition) is 16. The summed E-state index contributed by atoms with van der Waals surface area (Å²) in [5, 5.41) is 0. The maximum Gasteiger partial charge on any atom is 0.266 e. The lowest BCUT2D eigenvalue weighted by atomic mass is 9.92. The molecule has 0 spiro atoms. The first-order valence-corrected chi connectivity index (χ1v) is 21.7. The second-order valence-corrected chi connectivity index (χ2v) is 14.6. The van der Waals surface area contributed by atoms with Gasteiger partial charge in [0.1, 0.15) is 12.4 Å². The number of methoxy groups -OCH3 is 1. The molecule has 17 nitrogen and oxygen atoms in total. The Kier molecular flexibility index (Phi) is 28.4. The van der Waals surface area contributed by atoms with E-state index in [4.69, 9.17) is 67.3 Å². The Morgan fingerprint density at radius 3 is 1.05 bits per heavy atom. The summed E-state index contributed by atoms with van der Waals surface area (Å²) in [6, 6.07) is 8.99. The molecule has 0 aliphatic carbocycles. The van der Waals surface area contributed by atoms with E-state index in [9.17, 15) is 9.59 Å². The van der Waals surface area contributed by atoms with Crippen LogP contribution in [-0.4, -0.2) is 177 Å². The van der Waals surface area contributed by atoms with Crippen LogP contribution in [0.2, 0.25) is 0 Å². The van der Waals surface area contributed by atoms with Crippen LogP contribution in [0.5, 0.6) is 5.75 Å². The molecular weight excluding hydrogens is 808 g/mol. The van der Waals surface area contributed by atoms with Crippen molar-refractivity contribution in [2.24, 2.45) is 0 Å². The number of nitrogen functional groups attached to an aromatic ring is 1. The standard InChI is InChI=1S/C45H72N2O15/c1-35(2)37-7-6-8-38(36(3)4)43(37)47-44(48)39-33-41(46)42(34-40(39)45(47)49)62-32-31-61-30-29-60-28-27-59-26-25-58-24-23-57-22-21-56-20-19-55-18-17-54-16-15-53-14-13-52-12-11-51-10-9-50-5/h6-8,33-36H,9-32,46H2,1-5H3. The molecule has 2 aromatic rings. The first kappa shape index (κ1) is 53.0. The first-order valence-electron chi connectivity index (χ1n) is 21.7. The number of nitrogens with two attached hydrogens (primary N) is 1. The second kappa shape index (κ2) is 33.2. The van der Waals surface area contributed by atoms with Crippen LogP contribution in [0.3, 0.4) is 0 Å². The van der Waals surface area contributed by atoms with Crippen molar-refractivity contribution in [3.63, 3.8) is 0 Å². The van der Waals surface area contributed by atoms with Crippen molar-refractivity contribution in [1.82, 2.24) is 0 Å². The van der Waals surface area contributed by atoms with E-state index in [2.05, 4.69) is 27.7 Å². The highest BCUT2D eigenvalue weighted by atomic mass is 16.6. The van der Waals surface area contributed by atoms with Crippen LogP contribution in [-0.2, 0) is 56.8 Å². The van der Waals surface area contributed by atoms with E-state index < -0.39 is 0 Å². The van der Waals surface area contributed by atoms with E-state index in [-0.39, 0.29) is 47.1 Å². The maximum atomic E-state index is 13.7. The molecule has 62 heavy (non-hydrogen) atoms. The predicted octanol–water partition coefficient (Wildman–Crippen LogP) is 4.52. The maximum absolute atomic E-state index is 13.7. The lowest BCUT2D eigenvalue weighted by Gasteiger charge is -2.25. The molecule has 0 fully saturated rings. The molecule has 2 N–H and O–H groups in total. The summed E-state index contributed by atoms with van der Waals surface area (Å²) in [5.41, 5.74) is 9.62. The number of imide groups is 1. The Labute approximate surface area is 367 Å². The van der Waals surface area contributed by atoms with E-state index in [1.165, 1.54) is 11.0 Å². The van der Waals surface area contributed by atoms with Crippen molar-refractivity contribution in [2.75, 3.05) is 176 Å². The fourth-order valence-electron chi connectivity index (χ4n) is 6.04. The van der Waals surface area contributed by atoms with Crippen LogP contribution in [0, 0.1) is 0 Å². The number of carbonyl (C=O) groups excluding carboxylic acids is 2. The summed E-state index contributed by atoms with van der Waals surface area (Å²) in [4.78, 5) is 28.6. The van der Waals surface area contributed by atoms with E-state index >= 15 is 0 Å². The molecular formula is C45H72N2O15. The van der Waals surface area contributed by atoms with Crippen molar-refractivity contribution >= 4 is 23.2 Å². The Hall–Kier alpha value is -3.30. The van der Waals surface area contributed by atoms with Gasteiger partial charge in [0.15, 0.2) is 0 Å². The van der Waals surface area contributed by atoms with Gasteiger partial charge >= 0.3 is 0 Å². The molecule has 1 heterocycles. The van der Waals surface area contributed by atoms with Gasteiger partial charge in [-0.25, -0.2) is 4.90 Å². The van der Waals surface area contributed by atoms with Gasteiger partial charge < -0.3 is 67.3 Å². The summed E-state index contributed by atoms with van der Waals surface area (Å²) < 4.78 is 71.1. The smallest absolute Gasteiger partial charge is 0.266 e. The summed E-state index contributed by atoms with van der Waals surface area (Å²) in [6.07, 6.45) is 0. The highest BCUT2D eigenvalue weighted by Gasteiger charge is 2.40. The van der Waals surface area contributed by atoms with E-state index in [0.717, 1.165) is 11.1 Å². The minimum Gasteiger partial charge on any atom is -0.489 e. The second-order valence-electron chi connectivity index (χ2n) is 14.6. The van der Waals surface area contributed by atoms with Crippen molar-refractivity contribution in [2.45, 2.75) is 39.5 Å². The summed E-state index contributed by atoms with van der Waals surface area (Å²) in [5.74, 6) is -0.202. The molecule has 2 amide bonds. The van der Waals surface area contributed by atoms with Crippen LogP contribution >= 0.6 is 0 Å². The average molecular weight is 881 g/mol. The van der Waals surface area contributed by atoms with Crippen molar-refractivity contribution < 1.29 is 71.2 Å². The van der Waals surface area contributed by atoms with E-state index in [1.807, 2.05) is 18.2 Å². The predicted molar refractivity (Wildman–Crippen MR) is 233 cm³/mol. The highest BCUT2D eigenvalue weighted by molar-refractivity contribution is 6.35. The molecule has 2 aromatic carbocycles. The van der Waals surface area contributed by atoms with Gasteiger partial charge in [0.25, 0.3) is 11.8 Å². The van der Waals surface area contributed by atoms with E-state index in [0.29, 0.717) is 163 Å². The van der Waals surface area contributed by atoms with E-state index in [1.54, 1.807) is 13.2 Å². The zero-order valence-corrected chi connectivity index (χ0v) is 37.7. The van der Waals surface area contributed by atoms with Gasteiger partial charge in [-0.3, -0.25) is 9.59 Å². The van der Waals surface area contributed by atoms with Crippen molar-refractivity contribution in [1.29, 1.82) is 0 Å². The number of benzene rings is 2. The first-order chi connectivity index (χ1) is 30.3. The normalized spacial score (nSPS) is 12.7. The number of amides is 2. The van der Waals surface area contributed by atoms with Crippen molar-refractivity contribution in [3.05, 3.63) is 52.6 Å². The third kappa shape index (κ3) is 20.5. The number of rotatable bonds is 40. The molecule has 1 aliphatic rings. The number of nitrogens with zero attached hydrogens (tertiary/aromatic N) is 1. The van der Waals surface area contributed by atoms with Gasteiger partial charge in [0, 0.05) is 7.11 Å². The molecule has 0 radical (unpaired) electrons. The van der Waals surface area contributed by atoms with Gasteiger partial charge in [0.05, 0.1) is 174 Å². The molecule has 0 aromatic heterocycles. The number of ether oxygens (including phenoxy) is 13. The van der Waals surface area contributed by atoms with Crippen molar-refractivity contribution in [3.8, 4) is 5.75 Å². The number of anilines is 2. The lowest BCUT2D eigenvalue weighted by Crippen LogP contribution is -2.31. The summed E-state index contributed by atoms with van der Waals surface area (Å²) >= 11 is 0. The molecule has 17 heteroatoms. The number of carbonyl (C=O) groups is 2. The van der Waals surface area contributed by atoms with Gasteiger partial charge in [0.2, 0.25) is 0 Å². The van der Waals surface area contributed by atoms with Gasteiger partial charge in [-0.2, -0.15) is 0 Å². The van der Waals surface area contributed by atoms with Crippen LogP contribution in [0.1, 0.15) is 71.4 Å². The van der Waals surface area contributed by atoms with Gasteiger partial charge in [-0.05, 0) is 35.1 Å². The highest BCUT2D eigenvalue weighted by Crippen LogP contribution is 2.41. The molecule has 352 valence electrons. The number of hydrogen-bond donors (Lipinski definition) is 1. The molecule has 0 saturated heterocycles. The molecule has 0 atom stereocenters. The Morgan fingerprint density at radius 2 is 0.742 bits per heavy atom. The molecule has 3 rings (SSSR count). The SMILES string of the molecule is COCCOCCOCCOCCOCCOCCOCCOCCOCCOCCOCCOCCOc1cc2c(cc1N)C(=O)N(c1c(C(C)C)cccc1C(C)C)C2=O. The zero-order valence-electron chi connectivity index (χ0n) is 37.7. The molecule has 0 saturated carbocycles. The van der Waals surface area contributed by atoms with Crippen LogP contribution < -0.4 is 15.4 Å². The monoisotopic (exact) mass is 880 g/mol. The number of fused-ring (bicyclic) bond motifs is 1.